The highest BCUT2D eigenvalue weighted by atomic mass is 16.5. The van der Waals surface area contributed by atoms with E-state index in [-0.39, 0.29) is 0 Å². The third kappa shape index (κ3) is 5.47. The van der Waals surface area contributed by atoms with E-state index in [4.69, 9.17) is 9.15 Å². The van der Waals surface area contributed by atoms with E-state index in [1.165, 1.54) is 13.2 Å². The van der Waals surface area contributed by atoms with Gasteiger partial charge in [0.05, 0.1) is 13.2 Å². The normalized spacial score (nSPS) is 12.7. The highest BCUT2D eigenvalue weighted by molar-refractivity contribution is 5.57. The fourth-order valence-corrected chi connectivity index (χ4v) is 2.15. The van der Waals surface area contributed by atoms with Crippen molar-refractivity contribution in [2.75, 3.05) is 7.11 Å². The van der Waals surface area contributed by atoms with Crippen molar-refractivity contribution in [2.45, 2.75) is 13.8 Å². The van der Waals surface area contributed by atoms with Gasteiger partial charge in [0.15, 0.2) is 0 Å². The van der Waals surface area contributed by atoms with Gasteiger partial charge in [0.1, 0.15) is 11.5 Å². The van der Waals surface area contributed by atoms with Gasteiger partial charge in [-0.3, -0.25) is 0 Å². The molecule has 0 N–H and O–H groups in total. The fourth-order valence-electron chi connectivity index (χ4n) is 2.15. The van der Waals surface area contributed by atoms with Crippen molar-refractivity contribution in [2.24, 2.45) is 0 Å². The molecule has 0 bridgehead atoms. The van der Waals surface area contributed by atoms with Crippen molar-refractivity contribution in [3.63, 3.8) is 0 Å². The van der Waals surface area contributed by atoms with Gasteiger partial charge in [-0.1, -0.05) is 59.7 Å². The van der Waals surface area contributed by atoms with Gasteiger partial charge in [-0.2, -0.15) is 0 Å². The summed E-state index contributed by atoms with van der Waals surface area (Å²) >= 11 is 0. The van der Waals surface area contributed by atoms with E-state index in [1.54, 1.807) is 12.1 Å². The first-order chi connectivity index (χ1) is 11.1. The molecule has 0 aliphatic rings. The first kappa shape index (κ1) is 16.6. The standard InChI is InChI=1S/C20H20O3/c1-15(11-16(2)12-17-7-5-4-6-8-17)9-10-18-13-19(22-3)14-20(21)23-18/h4-14H,1-3H3/b10-9+,15-11-,16-12+. The van der Waals surface area contributed by atoms with E-state index in [2.05, 4.69) is 31.2 Å². The number of ether oxygens (including phenoxy) is 1. The lowest BCUT2D eigenvalue weighted by molar-refractivity contribution is 0.400. The van der Waals surface area contributed by atoms with Gasteiger partial charge in [-0.05, 0) is 25.5 Å². The summed E-state index contributed by atoms with van der Waals surface area (Å²) in [6.45, 7) is 4.05. The second-order valence-corrected chi connectivity index (χ2v) is 5.24. The molecule has 0 fully saturated rings. The Hall–Kier alpha value is -2.81. The molecule has 0 aliphatic carbocycles. The third-order valence-electron chi connectivity index (χ3n) is 3.16. The zero-order valence-electron chi connectivity index (χ0n) is 13.6. The molecule has 1 aromatic carbocycles. The van der Waals surface area contributed by atoms with E-state index in [0.29, 0.717) is 11.5 Å². The molecule has 2 aromatic rings. The van der Waals surface area contributed by atoms with Crippen LogP contribution in [0, 0.1) is 0 Å². The highest BCUT2D eigenvalue weighted by Gasteiger charge is 1.98. The Morgan fingerprint density at radius 1 is 1.09 bits per heavy atom. The first-order valence-electron chi connectivity index (χ1n) is 7.36. The lowest BCUT2D eigenvalue weighted by Crippen LogP contribution is -1.98. The Bertz CT molecular complexity index is 793. The van der Waals surface area contributed by atoms with Crippen LogP contribution in [0.3, 0.4) is 0 Å². The summed E-state index contributed by atoms with van der Waals surface area (Å²) in [5, 5.41) is 0. The van der Waals surface area contributed by atoms with Crippen molar-refractivity contribution in [1.29, 1.82) is 0 Å². The Balaban J connectivity index is 2.14. The molecule has 0 aliphatic heterocycles. The summed E-state index contributed by atoms with van der Waals surface area (Å²) in [6.07, 6.45) is 7.84. The lowest BCUT2D eigenvalue weighted by Gasteiger charge is -1.99. The molecule has 118 valence electrons. The van der Waals surface area contributed by atoms with Gasteiger partial charge >= 0.3 is 5.63 Å². The average molecular weight is 308 g/mol. The lowest BCUT2D eigenvalue weighted by atomic mass is 10.1. The molecule has 0 saturated heterocycles. The van der Waals surface area contributed by atoms with Gasteiger partial charge in [-0.15, -0.1) is 0 Å². The number of hydrogen-bond acceptors (Lipinski definition) is 3. The summed E-state index contributed by atoms with van der Waals surface area (Å²) in [5.41, 5.74) is 2.94. The molecule has 0 saturated carbocycles. The molecule has 0 spiro atoms. The topological polar surface area (TPSA) is 39.4 Å². The predicted molar refractivity (Wildman–Crippen MR) is 94.4 cm³/mol. The average Bonchev–Trinajstić information content (AvgIpc) is 2.53. The number of hydrogen-bond donors (Lipinski definition) is 0. The van der Waals surface area contributed by atoms with Crippen LogP contribution in [0.2, 0.25) is 0 Å². The minimum absolute atomic E-state index is 0.425. The van der Waals surface area contributed by atoms with Crippen LogP contribution >= 0.6 is 0 Å². The molecule has 0 radical (unpaired) electrons. The second-order valence-electron chi connectivity index (χ2n) is 5.24. The number of methoxy groups -OCH3 is 1. The summed E-state index contributed by atoms with van der Waals surface area (Å²) < 4.78 is 10.2. The SMILES string of the molecule is COc1cc(/C=C/C(C)=C\C(C)=C\c2ccccc2)oc(=O)c1. The van der Waals surface area contributed by atoms with Crippen molar-refractivity contribution < 1.29 is 9.15 Å². The number of rotatable bonds is 5. The van der Waals surface area contributed by atoms with E-state index in [9.17, 15) is 4.79 Å². The van der Waals surface area contributed by atoms with Gasteiger partial charge in [0, 0.05) is 6.07 Å². The van der Waals surface area contributed by atoms with Crippen molar-refractivity contribution in [3.8, 4) is 5.75 Å². The Morgan fingerprint density at radius 2 is 1.83 bits per heavy atom. The van der Waals surface area contributed by atoms with E-state index in [1.807, 2.05) is 31.2 Å². The highest BCUT2D eigenvalue weighted by Crippen LogP contribution is 2.13. The van der Waals surface area contributed by atoms with Crippen LogP contribution in [-0.2, 0) is 0 Å². The fraction of sp³-hybridized carbons (Fsp3) is 0.150. The van der Waals surface area contributed by atoms with Crippen LogP contribution in [0.15, 0.2) is 75.0 Å². The molecule has 1 heterocycles. The summed E-state index contributed by atoms with van der Waals surface area (Å²) in [7, 11) is 1.52. The van der Waals surface area contributed by atoms with Crippen LogP contribution in [0.5, 0.6) is 5.75 Å². The summed E-state index contributed by atoms with van der Waals surface area (Å²) in [5.74, 6) is 0.953. The monoisotopic (exact) mass is 308 g/mol. The predicted octanol–water partition coefficient (Wildman–Crippen LogP) is 4.71. The molecule has 1 aromatic heterocycles. The largest absolute Gasteiger partial charge is 0.496 e. The second kappa shape index (κ2) is 7.99. The first-order valence-corrected chi connectivity index (χ1v) is 7.36. The smallest absolute Gasteiger partial charge is 0.339 e. The maximum Gasteiger partial charge on any atom is 0.339 e. The van der Waals surface area contributed by atoms with Gasteiger partial charge in [0.25, 0.3) is 0 Å². The molecule has 2 rings (SSSR count). The zero-order chi connectivity index (χ0) is 16.7. The minimum atomic E-state index is -0.425. The molecular weight excluding hydrogens is 288 g/mol. The summed E-state index contributed by atoms with van der Waals surface area (Å²) in [6, 6.07) is 13.1. The van der Waals surface area contributed by atoms with Crippen molar-refractivity contribution in [3.05, 3.63) is 87.5 Å². The maximum absolute atomic E-state index is 11.4. The molecule has 3 heteroatoms. The van der Waals surface area contributed by atoms with Gasteiger partial charge in [-0.25, -0.2) is 4.79 Å². The van der Waals surface area contributed by atoms with E-state index < -0.39 is 5.63 Å². The Morgan fingerprint density at radius 3 is 2.52 bits per heavy atom. The van der Waals surface area contributed by atoms with Crippen LogP contribution in [0.4, 0.5) is 0 Å². The number of allylic oxidation sites excluding steroid dienone is 4. The zero-order valence-corrected chi connectivity index (χ0v) is 13.6. The third-order valence-corrected chi connectivity index (χ3v) is 3.16. The molecule has 0 amide bonds. The quantitative estimate of drug-likeness (QED) is 0.751. The van der Waals surface area contributed by atoms with Gasteiger partial charge in [0.2, 0.25) is 0 Å². The van der Waals surface area contributed by atoms with Crippen LogP contribution in [-0.4, -0.2) is 7.11 Å². The summed E-state index contributed by atoms with van der Waals surface area (Å²) in [4.78, 5) is 11.4. The Kier molecular flexibility index (Phi) is 5.75. The molecular formula is C20H20O3. The minimum Gasteiger partial charge on any atom is -0.496 e. The van der Waals surface area contributed by atoms with Crippen molar-refractivity contribution >= 4 is 12.2 Å². The maximum atomic E-state index is 11.4. The van der Waals surface area contributed by atoms with Crippen LogP contribution in [0.1, 0.15) is 25.2 Å². The molecule has 0 unspecified atom stereocenters. The van der Waals surface area contributed by atoms with Gasteiger partial charge < -0.3 is 9.15 Å². The molecule has 23 heavy (non-hydrogen) atoms. The van der Waals surface area contributed by atoms with Crippen LogP contribution in [0.25, 0.3) is 12.2 Å². The van der Waals surface area contributed by atoms with Crippen LogP contribution < -0.4 is 10.4 Å². The number of benzene rings is 1. The van der Waals surface area contributed by atoms with E-state index in [0.717, 1.165) is 16.7 Å². The van der Waals surface area contributed by atoms with Crippen molar-refractivity contribution in [1.82, 2.24) is 0 Å². The molecule has 3 nitrogen and oxygen atoms in total. The Labute approximate surface area is 136 Å². The molecule has 0 atom stereocenters. The van der Waals surface area contributed by atoms with E-state index >= 15 is 0 Å².